The van der Waals surface area contributed by atoms with E-state index in [2.05, 4.69) is 6.07 Å². The highest BCUT2D eigenvalue weighted by molar-refractivity contribution is 5.38. The van der Waals surface area contributed by atoms with Gasteiger partial charge in [0, 0.05) is 11.9 Å². The summed E-state index contributed by atoms with van der Waals surface area (Å²) in [5.41, 5.74) is 1.32. The highest BCUT2D eigenvalue weighted by Crippen LogP contribution is 2.12. The Balaban J connectivity index is 2.50. The second-order valence-corrected chi connectivity index (χ2v) is 2.85. The third kappa shape index (κ3) is 1.38. The first-order valence-electron chi connectivity index (χ1n) is 4.14. The van der Waals surface area contributed by atoms with E-state index in [1.807, 2.05) is 0 Å². The summed E-state index contributed by atoms with van der Waals surface area (Å²) in [6, 6.07) is 11.6. The van der Waals surface area contributed by atoms with Gasteiger partial charge in [0.15, 0.2) is 0 Å². The minimum absolute atomic E-state index is 0.278. The lowest BCUT2D eigenvalue weighted by Crippen LogP contribution is -1.94. The van der Waals surface area contributed by atoms with Crippen LogP contribution in [-0.4, -0.2) is 4.57 Å². The van der Waals surface area contributed by atoms with Crippen LogP contribution in [-0.2, 0) is 0 Å². The summed E-state index contributed by atoms with van der Waals surface area (Å²) in [6.07, 6.45) is 1.77. The standard InChI is InChI=1S/C11H7FN2/c12-9-3-5-10(6-4-9)14-7-1-2-11(14)8-13/h1-7H. The van der Waals surface area contributed by atoms with Crippen LogP contribution < -0.4 is 0 Å². The van der Waals surface area contributed by atoms with Crippen molar-refractivity contribution in [3.8, 4) is 11.8 Å². The summed E-state index contributed by atoms with van der Waals surface area (Å²) < 4.78 is 14.3. The molecule has 2 rings (SSSR count). The van der Waals surface area contributed by atoms with Gasteiger partial charge < -0.3 is 4.57 Å². The molecule has 0 aliphatic carbocycles. The van der Waals surface area contributed by atoms with Crippen molar-refractivity contribution < 1.29 is 4.39 Å². The molecule has 0 unspecified atom stereocenters. The van der Waals surface area contributed by atoms with Crippen molar-refractivity contribution in [3.63, 3.8) is 0 Å². The van der Waals surface area contributed by atoms with Crippen LogP contribution in [0.15, 0.2) is 42.6 Å². The van der Waals surface area contributed by atoms with Gasteiger partial charge in [0.2, 0.25) is 0 Å². The molecule has 0 saturated heterocycles. The third-order valence-corrected chi connectivity index (χ3v) is 1.97. The molecule has 0 spiro atoms. The molecular formula is C11H7FN2. The smallest absolute Gasteiger partial charge is 0.124 e. The van der Waals surface area contributed by atoms with Gasteiger partial charge in [-0.3, -0.25) is 0 Å². The van der Waals surface area contributed by atoms with E-state index in [-0.39, 0.29) is 5.82 Å². The van der Waals surface area contributed by atoms with E-state index >= 15 is 0 Å². The minimum Gasteiger partial charge on any atom is -0.308 e. The first kappa shape index (κ1) is 8.52. The Kier molecular flexibility index (Phi) is 2.04. The topological polar surface area (TPSA) is 28.7 Å². The first-order chi connectivity index (χ1) is 6.81. The van der Waals surface area contributed by atoms with Crippen molar-refractivity contribution >= 4 is 0 Å². The van der Waals surface area contributed by atoms with Crippen molar-refractivity contribution in [2.45, 2.75) is 0 Å². The largest absolute Gasteiger partial charge is 0.308 e. The Morgan fingerprint density at radius 2 is 1.86 bits per heavy atom. The van der Waals surface area contributed by atoms with Crippen LogP contribution in [0.5, 0.6) is 0 Å². The van der Waals surface area contributed by atoms with Crippen molar-refractivity contribution in [1.82, 2.24) is 4.57 Å². The number of nitrogens with zero attached hydrogens (tertiary/aromatic N) is 2. The predicted octanol–water partition coefficient (Wildman–Crippen LogP) is 2.49. The van der Waals surface area contributed by atoms with Crippen LogP contribution >= 0.6 is 0 Å². The number of halogens is 1. The Hall–Kier alpha value is -2.08. The number of benzene rings is 1. The summed E-state index contributed by atoms with van der Waals surface area (Å²) in [6.45, 7) is 0. The lowest BCUT2D eigenvalue weighted by molar-refractivity contribution is 0.627. The van der Waals surface area contributed by atoms with E-state index in [1.165, 1.54) is 12.1 Å². The number of hydrogen-bond donors (Lipinski definition) is 0. The second-order valence-electron chi connectivity index (χ2n) is 2.85. The molecule has 2 nitrogen and oxygen atoms in total. The van der Waals surface area contributed by atoms with E-state index in [0.717, 1.165) is 5.69 Å². The summed E-state index contributed by atoms with van der Waals surface area (Å²) in [5, 5.41) is 8.78. The molecule has 0 fully saturated rings. The van der Waals surface area contributed by atoms with Gasteiger partial charge in [-0.25, -0.2) is 4.39 Å². The fourth-order valence-corrected chi connectivity index (χ4v) is 1.30. The number of hydrogen-bond acceptors (Lipinski definition) is 1. The first-order valence-corrected chi connectivity index (χ1v) is 4.14. The van der Waals surface area contributed by atoms with Crippen LogP contribution in [0.4, 0.5) is 4.39 Å². The lowest BCUT2D eigenvalue weighted by Gasteiger charge is -2.03. The molecule has 0 radical (unpaired) electrons. The molecule has 0 saturated carbocycles. The quantitative estimate of drug-likeness (QED) is 0.672. The van der Waals surface area contributed by atoms with Gasteiger partial charge in [0.25, 0.3) is 0 Å². The molecule has 0 aliphatic rings. The lowest BCUT2D eigenvalue weighted by atomic mass is 10.3. The van der Waals surface area contributed by atoms with Gasteiger partial charge in [0.05, 0.1) is 0 Å². The Bertz CT molecular complexity index is 477. The number of rotatable bonds is 1. The SMILES string of the molecule is N#Cc1cccn1-c1ccc(F)cc1. The van der Waals surface area contributed by atoms with Crippen molar-refractivity contribution in [3.05, 3.63) is 54.1 Å². The Morgan fingerprint density at radius 3 is 2.50 bits per heavy atom. The van der Waals surface area contributed by atoms with Crippen LogP contribution in [0, 0.1) is 17.1 Å². The van der Waals surface area contributed by atoms with Gasteiger partial charge in [-0.15, -0.1) is 0 Å². The van der Waals surface area contributed by atoms with Crippen molar-refractivity contribution in [1.29, 1.82) is 5.26 Å². The van der Waals surface area contributed by atoms with E-state index in [1.54, 1.807) is 35.0 Å². The average Bonchev–Trinajstić information content (AvgIpc) is 2.67. The fraction of sp³-hybridized carbons (Fsp3) is 0. The second kappa shape index (κ2) is 3.35. The summed E-state index contributed by atoms with van der Waals surface area (Å²) >= 11 is 0. The van der Waals surface area contributed by atoms with Crippen LogP contribution in [0.25, 0.3) is 5.69 Å². The van der Waals surface area contributed by atoms with E-state index in [4.69, 9.17) is 5.26 Å². The molecule has 3 heteroatoms. The summed E-state index contributed by atoms with van der Waals surface area (Å²) in [5.74, 6) is -0.278. The minimum atomic E-state index is -0.278. The highest BCUT2D eigenvalue weighted by atomic mass is 19.1. The molecule has 0 N–H and O–H groups in total. The van der Waals surface area contributed by atoms with Crippen LogP contribution in [0.3, 0.4) is 0 Å². The molecule has 14 heavy (non-hydrogen) atoms. The zero-order chi connectivity index (χ0) is 9.97. The van der Waals surface area contributed by atoms with Gasteiger partial charge in [-0.05, 0) is 36.4 Å². The molecular weight excluding hydrogens is 179 g/mol. The molecule has 0 atom stereocenters. The van der Waals surface area contributed by atoms with Crippen molar-refractivity contribution in [2.75, 3.05) is 0 Å². The molecule has 1 heterocycles. The zero-order valence-corrected chi connectivity index (χ0v) is 7.31. The van der Waals surface area contributed by atoms with E-state index < -0.39 is 0 Å². The third-order valence-electron chi connectivity index (χ3n) is 1.97. The van der Waals surface area contributed by atoms with Gasteiger partial charge in [0.1, 0.15) is 17.6 Å². The molecule has 1 aromatic heterocycles. The van der Waals surface area contributed by atoms with Gasteiger partial charge in [-0.2, -0.15) is 5.26 Å². The van der Waals surface area contributed by atoms with Crippen LogP contribution in [0.2, 0.25) is 0 Å². The fourth-order valence-electron chi connectivity index (χ4n) is 1.30. The van der Waals surface area contributed by atoms with E-state index in [0.29, 0.717) is 5.69 Å². The van der Waals surface area contributed by atoms with Crippen LogP contribution in [0.1, 0.15) is 5.69 Å². The molecule has 2 aromatic rings. The number of aromatic nitrogens is 1. The molecule has 68 valence electrons. The average molecular weight is 186 g/mol. The Morgan fingerprint density at radius 1 is 1.14 bits per heavy atom. The zero-order valence-electron chi connectivity index (χ0n) is 7.31. The van der Waals surface area contributed by atoms with Gasteiger partial charge in [-0.1, -0.05) is 0 Å². The monoisotopic (exact) mass is 186 g/mol. The summed E-state index contributed by atoms with van der Waals surface area (Å²) in [7, 11) is 0. The number of nitriles is 1. The maximum absolute atomic E-state index is 12.6. The van der Waals surface area contributed by atoms with Gasteiger partial charge >= 0.3 is 0 Å². The van der Waals surface area contributed by atoms with E-state index in [9.17, 15) is 4.39 Å². The summed E-state index contributed by atoms with van der Waals surface area (Å²) in [4.78, 5) is 0. The molecule has 1 aromatic carbocycles. The maximum Gasteiger partial charge on any atom is 0.124 e. The molecule has 0 bridgehead atoms. The molecule has 0 amide bonds. The normalized spacial score (nSPS) is 9.71. The van der Waals surface area contributed by atoms with Crippen molar-refractivity contribution in [2.24, 2.45) is 0 Å². The Labute approximate surface area is 80.8 Å². The highest BCUT2D eigenvalue weighted by Gasteiger charge is 2.01. The predicted molar refractivity (Wildman–Crippen MR) is 50.4 cm³/mol. The molecule has 0 aliphatic heterocycles. The maximum atomic E-state index is 12.6.